The zero-order valence-electron chi connectivity index (χ0n) is 11.8. The van der Waals surface area contributed by atoms with Gasteiger partial charge in [-0.05, 0) is 25.0 Å². The van der Waals surface area contributed by atoms with Crippen LogP contribution in [-0.4, -0.2) is 14.5 Å². The Kier molecular flexibility index (Phi) is 2.95. The summed E-state index contributed by atoms with van der Waals surface area (Å²) in [6.07, 6.45) is 7.76. The fraction of sp³-hybridized carbons (Fsp3) is 0.353. The van der Waals surface area contributed by atoms with Gasteiger partial charge in [0, 0.05) is 11.4 Å². The van der Waals surface area contributed by atoms with Crippen LogP contribution in [0.15, 0.2) is 41.5 Å². The average molecular weight is 279 g/mol. The van der Waals surface area contributed by atoms with E-state index in [-0.39, 0.29) is 5.56 Å². The summed E-state index contributed by atoms with van der Waals surface area (Å²) in [7, 11) is 0. The van der Waals surface area contributed by atoms with Crippen molar-refractivity contribution in [3.05, 3.63) is 47.0 Å². The summed E-state index contributed by atoms with van der Waals surface area (Å²) < 4.78 is 2.11. The lowest BCUT2D eigenvalue weighted by molar-refractivity contribution is 0.356. The molecule has 2 aromatic heterocycles. The molecule has 1 fully saturated rings. The average Bonchev–Trinajstić information content (AvgIpc) is 2.55. The van der Waals surface area contributed by atoms with Gasteiger partial charge >= 0.3 is 0 Å². The fourth-order valence-corrected chi connectivity index (χ4v) is 3.33. The molecule has 2 heterocycles. The van der Waals surface area contributed by atoms with Crippen molar-refractivity contribution in [3.8, 4) is 0 Å². The summed E-state index contributed by atoms with van der Waals surface area (Å²) in [6.45, 7) is 0. The zero-order chi connectivity index (χ0) is 14.2. The maximum absolute atomic E-state index is 12.1. The molecular formula is C17H17N3O. The predicted octanol–water partition coefficient (Wildman–Crippen LogP) is 3.45. The molecule has 21 heavy (non-hydrogen) atoms. The van der Waals surface area contributed by atoms with Crippen molar-refractivity contribution >= 4 is 21.9 Å². The molecule has 0 aliphatic heterocycles. The largest absolute Gasteiger partial charge is 0.313 e. The lowest BCUT2D eigenvalue weighted by Gasteiger charge is -2.25. The van der Waals surface area contributed by atoms with Crippen LogP contribution in [0.1, 0.15) is 38.1 Å². The molecule has 1 aliphatic rings. The van der Waals surface area contributed by atoms with Crippen molar-refractivity contribution in [2.45, 2.75) is 38.1 Å². The molecule has 0 amide bonds. The minimum atomic E-state index is -0.185. The van der Waals surface area contributed by atoms with Gasteiger partial charge in [0.1, 0.15) is 12.0 Å². The summed E-state index contributed by atoms with van der Waals surface area (Å²) in [5.41, 5.74) is 1.52. The first-order chi connectivity index (χ1) is 10.3. The van der Waals surface area contributed by atoms with Crippen molar-refractivity contribution in [3.63, 3.8) is 0 Å². The van der Waals surface area contributed by atoms with E-state index in [0.29, 0.717) is 11.4 Å². The highest BCUT2D eigenvalue weighted by molar-refractivity contribution is 5.90. The van der Waals surface area contributed by atoms with Crippen molar-refractivity contribution in [1.29, 1.82) is 0 Å². The van der Waals surface area contributed by atoms with E-state index in [1.54, 1.807) is 6.33 Å². The third kappa shape index (κ3) is 2.11. The van der Waals surface area contributed by atoms with E-state index in [1.165, 1.54) is 19.3 Å². The van der Waals surface area contributed by atoms with Gasteiger partial charge in [-0.25, -0.2) is 4.98 Å². The van der Waals surface area contributed by atoms with Gasteiger partial charge < -0.3 is 4.57 Å². The van der Waals surface area contributed by atoms with E-state index in [0.717, 1.165) is 29.4 Å². The molecule has 106 valence electrons. The summed E-state index contributed by atoms with van der Waals surface area (Å²) in [5, 5.41) is 1.62. The Bertz CT molecular complexity index is 863. The van der Waals surface area contributed by atoms with Crippen molar-refractivity contribution in [1.82, 2.24) is 14.5 Å². The molecule has 0 saturated heterocycles. The second-order valence-corrected chi connectivity index (χ2v) is 5.80. The van der Waals surface area contributed by atoms with E-state index >= 15 is 0 Å². The molecule has 0 atom stereocenters. The number of pyridine rings is 1. The molecule has 3 aromatic rings. The normalized spacial score (nSPS) is 16.6. The Morgan fingerprint density at radius 3 is 2.76 bits per heavy atom. The molecule has 0 N–H and O–H groups in total. The number of rotatable bonds is 1. The number of hydrogen-bond donors (Lipinski definition) is 0. The molecule has 1 aromatic carbocycles. The van der Waals surface area contributed by atoms with Gasteiger partial charge in [0.25, 0.3) is 5.56 Å². The number of nitrogens with zero attached hydrogens (tertiary/aromatic N) is 3. The minimum absolute atomic E-state index is 0.185. The van der Waals surface area contributed by atoms with Crippen molar-refractivity contribution in [2.75, 3.05) is 0 Å². The molecular weight excluding hydrogens is 262 g/mol. The van der Waals surface area contributed by atoms with Gasteiger partial charge in [-0.15, -0.1) is 0 Å². The van der Waals surface area contributed by atoms with Crippen LogP contribution in [-0.2, 0) is 0 Å². The maximum Gasteiger partial charge on any atom is 0.282 e. The second kappa shape index (κ2) is 4.95. The standard InChI is InChI=1S/C17H17N3O/c21-17-14-10-12-6-4-5-9-15(12)19-16(14)20(11-18-17)13-7-2-1-3-8-13/h4-6,9-11,13H,1-3,7-8H2. The Labute approximate surface area is 122 Å². The Morgan fingerprint density at radius 2 is 1.90 bits per heavy atom. The molecule has 0 radical (unpaired) electrons. The second-order valence-electron chi connectivity index (χ2n) is 5.80. The maximum atomic E-state index is 12.1. The molecule has 0 bridgehead atoms. The van der Waals surface area contributed by atoms with Crippen LogP contribution >= 0.6 is 0 Å². The first-order valence-electron chi connectivity index (χ1n) is 7.59. The number of aromatic nitrogens is 3. The van der Waals surface area contributed by atoms with E-state index in [4.69, 9.17) is 4.98 Å². The fourth-order valence-electron chi connectivity index (χ4n) is 3.33. The van der Waals surface area contributed by atoms with Crippen molar-refractivity contribution in [2.24, 2.45) is 0 Å². The lowest BCUT2D eigenvalue weighted by atomic mass is 9.95. The first kappa shape index (κ1) is 12.5. The summed E-state index contributed by atoms with van der Waals surface area (Å²) in [4.78, 5) is 20.9. The minimum Gasteiger partial charge on any atom is -0.313 e. The topological polar surface area (TPSA) is 47.8 Å². The molecule has 0 spiro atoms. The van der Waals surface area contributed by atoms with E-state index in [1.807, 2.05) is 30.3 Å². The highest BCUT2D eigenvalue weighted by Gasteiger charge is 2.18. The highest BCUT2D eigenvalue weighted by atomic mass is 16.1. The van der Waals surface area contributed by atoms with Gasteiger partial charge in [-0.3, -0.25) is 4.79 Å². The Hall–Kier alpha value is -2.23. The monoisotopic (exact) mass is 279 g/mol. The summed E-state index contributed by atoms with van der Waals surface area (Å²) in [6, 6.07) is 10.3. The van der Waals surface area contributed by atoms with Gasteiger partial charge in [-0.1, -0.05) is 37.5 Å². The lowest BCUT2D eigenvalue weighted by Crippen LogP contribution is -2.19. The number of hydrogen-bond acceptors (Lipinski definition) is 3. The number of benzene rings is 1. The Morgan fingerprint density at radius 1 is 1.10 bits per heavy atom. The zero-order valence-corrected chi connectivity index (χ0v) is 11.8. The first-order valence-corrected chi connectivity index (χ1v) is 7.59. The third-order valence-corrected chi connectivity index (χ3v) is 4.45. The third-order valence-electron chi connectivity index (χ3n) is 4.45. The van der Waals surface area contributed by atoms with Crippen LogP contribution in [0.2, 0.25) is 0 Å². The number of fused-ring (bicyclic) bond motifs is 2. The van der Waals surface area contributed by atoms with Gasteiger partial charge in [-0.2, -0.15) is 4.98 Å². The molecule has 4 heteroatoms. The van der Waals surface area contributed by atoms with Crippen LogP contribution in [0.3, 0.4) is 0 Å². The van der Waals surface area contributed by atoms with E-state index in [2.05, 4.69) is 9.55 Å². The molecule has 4 nitrogen and oxygen atoms in total. The van der Waals surface area contributed by atoms with E-state index in [9.17, 15) is 4.79 Å². The highest BCUT2D eigenvalue weighted by Crippen LogP contribution is 2.29. The predicted molar refractivity (Wildman–Crippen MR) is 83.4 cm³/mol. The van der Waals surface area contributed by atoms with Crippen LogP contribution in [0, 0.1) is 0 Å². The summed E-state index contributed by atoms with van der Waals surface area (Å²) in [5.74, 6) is 0. The van der Waals surface area contributed by atoms with Crippen LogP contribution in [0.5, 0.6) is 0 Å². The molecule has 0 unspecified atom stereocenters. The van der Waals surface area contributed by atoms with E-state index < -0.39 is 0 Å². The smallest absolute Gasteiger partial charge is 0.282 e. The molecule has 4 rings (SSSR count). The van der Waals surface area contributed by atoms with Gasteiger partial charge in [0.15, 0.2) is 0 Å². The van der Waals surface area contributed by atoms with Gasteiger partial charge in [0.05, 0.1) is 10.9 Å². The molecule has 1 saturated carbocycles. The van der Waals surface area contributed by atoms with Crippen LogP contribution in [0.25, 0.3) is 21.9 Å². The quantitative estimate of drug-likeness (QED) is 0.641. The van der Waals surface area contributed by atoms with Crippen LogP contribution < -0.4 is 5.56 Å². The molecule has 1 aliphatic carbocycles. The summed E-state index contributed by atoms with van der Waals surface area (Å²) >= 11 is 0. The Balaban J connectivity index is 2.00. The van der Waals surface area contributed by atoms with Crippen LogP contribution in [0.4, 0.5) is 0 Å². The SMILES string of the molecule is O=c1ncn(C2CCCCC2)c2nc3ccccc3cc12. The van der Waals surface area contributed by atoms with Crippen molar-refractivity contribution < 1.29 is 0 Å². The van der Waals surface area contributed by atoms with Gasteiger partial charge in [0.2, 0.25) is 0 Å². The number of para-hydroxylation sites is 1.